The predicted octanol–water partition coefficient (Wildman–Crippen LogP) is 13.2. The van der Waals surface area contributed by atoms with Gasteiger partial charge in [-0.15, -0.1) is 0 Å². The van der Waals surface area contributed by atoms with E-state index in [-0.39, 0.29) is 6.17 Å². The molecule has 0 saturated heterocycles. The average molecular weight is 718 g/mol. The number of aliphatic imine (C=N–C) groups is 2. The van der Waals surface area contributed by atoms with Crippen molar-refractivity contribution in [2.45, 2.75) is 6.17 Å². The van der Waals surface area contributed by atoms with Gasteiger partial charge >= 0.3 is 0 Å². The fourth-order valence-corrected chi connectivity index (χ4v) is 8.42. The molecule has 1 atom stereocenters. The summed E-state index contributed by atoms with van der Waals surface area (Å²) < 4.78 is 6.51. The van der Waals surface area contributed by atoms with Gasteiger partial charge in [0.15, 0.2) is 5.84 Å². The third kappa shape index (κ3) is 5.38. The zero-order valence-corrected chi connectivity index (χ0v) is 30.7. The van der Waals surface area contributed by atoms with Crippen molar-refractivity contribution in [3.63, 3.8) is 0 Å². The smallest absolute Gasteiger partial charge is 0.160 e. The molecular weight excluding hydrogens is 683 g/mol. The molecule has 0 aliphatic carbocycles. The topological polar surface area (TPSA) is 41.1 Å². The summed E-state index contributed by atoms with van der Waals surface area (Å²) in [5.41, 5.74) is 9.42. The normalized spacial score (nSPS) is 14.5. The van der Waals surface area contributed by atoms with Crippen LogP contribution in [-0.4, -0.2) is 23.6 Å². The van der Waals surface area contributed by atoms with Crippen molar-refractivity contribution in [2.75, 3.05) is 7.05 Å². The molecular formula is C52H35N3O. The lowest BCUT2D eigenvalue weighted by Crippen LogP contribution is -2.35. The molecule has 0 fully saturated rings. The second kappa shape index (κ2) is 12.9. The molecule has 0 bridgehead atoms. The Kier molecular flexibility index (Phi) is 7.42. The summed E-state index contributed by atoms with van der Waals surface area (Å²) in [4.78, 5) is 13.0. The fourth-order valence-electron chi connectivity index (χ4n) is 8.42. The summed E-state index contributed by atoms with van der Waals surface area (Å²) in [6.45, 7) is 0. The maximum absolute atomic E-state index is 6.51. The van der Waals surface area contributed by atoms with E-state index in [9.17, 15) is 0 Å². The summed E-state index contributed by atoms with van der Waals surface area (Å²) in [5, 5.41) is 9.35. The van der Waals surface area contributed by atoms with Gasteiger partial charge in [-0.2, -0.15) is 0 Å². The monoisotopic (exact) mass is 717 g/mol. The molecule has 0 spiro atoms. The molecule has 9 aromatic carbocycles. The van der Waals surface area contributed by atoms with Gasteiger partial charge in [0, 0.05) is 28.9 Å². The van der Waals surface area contributed by atoms with Crippen LogP contribution in [0, 0.1) is 0 Å². The van der Waals surface area contributed by atoms with E-state index in [1.54, 1.807) is 0 Å². The van der Waals surface area contributed by atoms with E-state index in [1.807, 2.05) is 12.1 Å². The molecule has 0 saturated carbocycles. The summed E-state index contributed by atoms with van der Waals surface area (Å²) in [5.74, 6) is 1.55. The van der Waals surface area contributed by atoms with E-state index in [2.05, 4.69) is 188 Å². The van der Waals surface area contributed by atoms with Gasteiger partial charge in [0.2, 0.25) is 0 Å². The first-order chi connectivity index (χ1) is 27.6. The molecule has 1 aliphatic rings. The zero-order valence-electron chi connectivity index (χ0n) is 30.7. The summed E-state index contributed by atoms with van der Waals surface area (Å²) in [6, 6.07) is 66.8. The van der Waals surface area contributed by atoms with Crippen LogP contribution in [0.15, 0.2) is 202 Å². The first-order valence-electron chi connectivity index (χ1n) is 19.1. The molecule has 0 N–H and O–H groups in total. The highest BCUT2D eigenvalue weighted by Crippen LogP contribution is 2.38. The van der Waals surface area contributed by atoms with E-state index < -0.39 is 0 Å². The first kappa shape index (κ1) is 32.2. The zero-order chi connectivity index (χ0) is 37.2. The third-order valence-electron chi connectivity index (χ3n) is 11.3. The second-order valence-electron chi connectivity index (χ2n) is 14.6. The summed E-state index contributed by atoms with van der Waals surface area (Å²) in [6.07, 6.45) is -0.313. The van der Waals surface area contributed by atoms with Gasteiger partial charge in [0.05, 0.1) is 0 Å². The van der Waals surface area contributed by atoms with Crippen LogP contribution >= 0.6 is 0 Å². The average Bonchev–Trinajstić information content (AvgIpc) is 3.64. The molecule has 1 aromatic heterocycles. The van der Waals surface area contributed by atoms with Crippen molar-refractivity contribution in [3.8, 4) is 22.3 Å². The predicted molar refractivity (Wildman–Crippen MR) is 234 cm³/mol. The van der Waals surface area contributed by atoms with Gasteiger partial charge in [0.1, 0.15) is 23.2 Å². The second-order valence-corrected chi connectivity index (χ2v) is 14.6. The number of fused-ring (bicyclic) bond motifs is 6. The van der Waals surface area contributed by atoms with Crippen LogP contribution in [0.5, 0.6) is 0 Å². The van der Waals surface area contributed by atoms with Crippen molar-refractivity contribution >= 4 is 65.9 Å². The molecule has 4 nitrogen and oxygen atoms in total. The lowest BCUT2D eigenvalue weighted by atomic mass is 9.96. The van der Waals surface area contributed by atoms with E-state index in [0.717, 1.165) is 55.6 Å². The minimum atomic E-state index is -0.313. The van der Waals surface area contributed by atoms with Crippen LogP contribution in [-0.2, 0) is 0 Å². The van der Waals surface area contributed by atoms with Gasteiger partial charge < -0.3 is 9.32 Å². The van der Waals surface area contributed by atoms with Crippen molar-refractivity contribution in [2.24, 2.45) is 9.98 Å². The van der Waals surface area contributed by atoms with Crippen LogP contribution in [0.3, 0.4) is 0 Å². The van der Waals surface area contributed by atoms with Crippen LogP contribution in [0.25, 0.3) is 76.5 Å². The maximum Gasteiger partial charge on any atom is 0.160 e. The van der Waals surface area contributed by atoms with Gasteiger partial charge in [0.25, 0.3) is 0 Å². The molecule has 0 amide bonds. The van der Waals surface area contributed by atoms with Gasteiger partial charge in [-0.05, 0) is 90.5 Å². The van der Waals surface area contributed by atoms with E-state index in [4.69, 9.17) is 14.4 Å². The lowest BCUT2D eigenvalue weighted by molar-refractivity contribution is 0.383. The van der Waals surface area contributed by atoms with Crippen LogP contribution in [0.1, 0.15) is 22.9 Å². The number of furan rings is 1. The lowest BCUT2D eigenvalue weighted by Gasteiger charge is -2.32. The van der Waals surface area contributed by atoms with E-state index in [0.29, 0.717) is 5.84 Å². The summed E-state index contributed by atoms with van der Waals surface area (Å²) >= 11 is 0. The van der Waals surface area contributed by atoms with Crippen LogP contribution in [0.4, 0.5) is 0 Å². The SMILES string of the molecule is CN1C(c2ccc3ccccc3c2)=NC(c2cccc3oc4ccc(-c5ccc6ccccc6c5)cc4c23)=NC1c1ccc(-c2cccc3ccccc23)cc1. The minimum absolute atomic E-state index is 0.313. The van der Waals surface area contributed by atoms with Crippen molar-refractivity contribution in [1.29, 1.82) is 0 Å². The van der Waals surface area contributed by atoms with Crippen LogP contribution < -0.4 is 0 Å². The standard InChI is InChI=1S/C52H35N3O/c1-55-51(37-24-22-36(23-25-37)44-17-8-15-35-12-6-7-16-43(35)44)53-50(54-52(55)42-27-21-34-11-3-5-14-39(34)31-42)45-18-9-19-48-49(45)46-32-41(28-29-47(46)56-48)40-26-20-33-10-2-4-13-38(33)30-40/h2-32,51H,1H3. The molecule has 56 heavy (non-hydrogen) atoms. The number of hydrogen-bond acceptors (Lipinski definition) is 4. The Morgan fingerprint density at radius 2 is 1.04 bits per heavy atom. The first-order valence-corrected chi connectivity index (χ1v) is 19.1. The Morgan fingerprint density at radius 1 is 0.446 bits per heavy atom. The number of amidine groups is 2. The molecule has 1 unspecified atom stereocenters. The maximum atomic E-state index is 6.51. The highest BCUT2D eigenvalue weighted by atomic mass is 16.3. The highest BCUT2D eigenvalue weighted by Gasteiger charge is 2.28. The fraction of sp³-hybridized carbons (Fsp3) is 0.0385. The Bertz CT molecular complexity index is 3220. The summed E-state index contributed by atoms with van der Waals surface area (Å²) in [7, 11) is 2.10. The number of rotatable bonds is 5. The minimum Gasteiger partial charge on any atom is -0.456 e. The van der Waals surface area contributed by atoms with Gasteiger partial charge in [-0.3, -0.25) is 0 Å². The number of hydrogen-bond donors (Lipinski definition) is 0. The van der Waals surface area contributed by atoms with Gasteiger partial charge in [-0.25, -0.2) is 9.98 Å². The Hall–Kier alpha value is -7.30. The largest absolute Gasteiger partial charge is 0.456 e. The van der Waals surface area contributed by atoms with E-state index >= 15 is 0 Å². The molecule has 11 rings (SSSR count). The highest BCUT2D eigenvalue weighted by molar-refractivity contribution is 6.22. The van der Waals surface area contributed by atoms with Crippen molar-refractivity contribution < 1.29 is 4.42 Å². The van der Waals surface area contributed by atoms with Crippen molar-refractivity contribution in [3.05, 3.63) is 205 Å². The molecule has 10 aromatic rings. The Labute approximate surface area is 324 Å². The number of nitrogens with zero attached hydrogens (tertiary/aromatic N) is 3. The molecule has 4 heteroatoms. The quantitative estimate of drug-likeness (QED) is 0.178. The number of benzene rings is 9. The van der Waals surface area contributed by atoms with Gasteiger partial charge in [-0.1, -0.05) is 158 Å². The Balaban J connectivity index is 1.07. The van der Waals surface area contributed by atoms with E-state index in [1.165, 1.54) is 43.4 Å². The Morgan fingerprint density at radius 3 is 1.82 bits per heavy atom. The molecule has 2 heterocycles. The molecule has 1 aliphatic heterocycles. The van der Waals surface area contributed by atoms with Crippen LogP contribution in [0.2, 0.25) is 0 Å². The molecule has 264 valence electrons. The third-order valence-corrected chi connectivity index (χ3v) is 11.3. The molecule has 0 radical (unpaired) electrons. The van der Waals surface area contributed by atoms with Crippen molar-refractivity contribution in [1.82, 2.24) is 4.90 Å².